The van der Waals surface area contributed by atoms with Gasteiger partial charge in [-0.05, 0) is 42.6 Å². The second-order valence-electron chi connectivity index (χ2n) is 7.09. The van der Waals surface area contributed by atoms with E-state index >= 15 is 0 Å². The van der Waals surface area contributed by atoms with Gasteiger partial charge in [-0.1, -0.05) is 36.4 Å². The first kappa shape index (κ1) is 22.8. The molecule has 0 atom stereocenters. The highest BCUT2D eigenvalue weighted by atomic mass is 19.4. The minimum atomic E-state index is -4.82. The van der Waals surface area contributed by atoms with Gasteiger partial charge in [0.05, 0.1) is 10.6 Å². The van der Waals surface area contributed by atoms with Gasteiger partial charge in [-0.25, -0.2) is 9.97 Å². The first-order valence-electron chi connectivity index (χ1n) is 10.1. The first-order chi connectivity index (χ1) is 16.3. The van der Waals surface area contributed by atoms with Crippen molar-refractivity contribution in [3.05, 3.63) is 83.2 Å². The number of alkyl halides is 3. The number of rotatable bonds is 7. The Bertz CT molecular complexity index is 1320. The number of benzene rings is 3. The molecule has 1 N–H and O–H groups in total. The number of hydrogen-bond donors (Lipinski definition) is 1. The second kappa shape index (κ2) is 9.22. The molecule has 0 fully saturated rings. The van der Waals surface area contributed by atoms with Crippen LogP contribution in [-0.4, -0.2) is 27.8 Å². The molecule has 0 saturated carbocycles. The molecule has 0 aliphatic heterocycles. The van der Waals surface area contributed by atoms with Gasteiger partial charge < -0.3 is 15.0 Å². The lowest BCUT2D eigenvalue weighted by Gasteiger charge is -2.24. The molecule has 0 spiro atoms. The summed E-state index contributed by atoms with van der Waals surface area (Å²) in [6, 6.07) is 18.1. The number of nitro groups is 1. The lowest BCUT2D eigenvalue weighted by Crippen LogP contribution is -2.20. The molecule has 0 bridgehead atoms. The molecule has 0 unspecified atom stereocenters. The number of anilines is 4. The highest BCUT2D eigenvalue weighted by molar-refractivity contribution is 5.97. The van der Waals surface area contributed by atoms with Crippen LogP contribution in [0.2, 0.25) is 0 Å². The van der Waals surface area contributed by atoms with E-state index in [1.54, 1.807) is 4.90 Å². The number of hydrogen-bond acceptors (Lipinski definition) is 7. The molecule has 0 aliphatic rings. The molecule has 34 heavy (non-hydrogen) atoms. The van der Waals surface area contributed by atoms with E-state index in [-0.39, 0.29) is 23.0 Å². The fraction of sp³-hybridized carbons (Fsp3) is 0.130. The summed E-state index contributed by atoms with van der Waals surface area (Å²) in [6.45, 7) is 2.23. The van der Waals surface area contributed by atoms with Crippen LogP contribution in [0.25, 0.3) is 10.8 Å². The van der Waals surface area contributed by atoms with Gasteiger partial charge in [0.2, 0.25) is 11.6 Å². The van der Waals surface area contributed by atoms with Gasteiger partial charge in [0, 0.05) is 17.6 Å². The van der Waals surface area contributed by atoms with Gasteiger partial charge in [0.1, 0.15) is 12.1 Å². The maximum absolute atomic E-state index is 12.4. The number of nitrogens with one attached hydrogen (secondary N) is 1. The van der Waals surface area contributed by atoms with E-state index in [0.717, 1.165) is 28.6 Å². The highest BCUT2D eigenvalue weighted by Gasteiger charge is 2.31. The summed E-state index contributed by atoms with van der Waals surface area (Å²) in [4.78, 5) is 21.4. The number of aromatic nitrogens is 2. The molecular weight excluding hydrogens is 451 g/mol. The van der Waals surface area contributed by atoms with Crippen LogP contribution in [0.3, 0.4) is 0 Å². The van der Waals surface area contributed by atoms with Crippen LogP contribution < -0.4 is 15.0 Å². The van der Waals surface area contributed by atoms with Crippen molar-refractivity contribution < 1.29 is 22.8 Å². The monoisotopic (exact) mass is 469 g/mol. The quantitative estimate of drug-likeness (QED) is 0.249. The fourth-order valence-electron chi connectivity index (χ4n) is 3.58. The molecule has 0 radical (unpaired) electrons. The maximum atomic E-state index is 12.4. The zero-order chi connectivity index (χ0) is 24.3. The van der Waals surface area contributed by atoms with Gasteiger partial charge in [-0.15, -0.1) is 13.2 Å². The van der Waals surface area contributed by atoms with Crippen molar-refractivity contribution in [3.63, 3.8) is 0 Å². The molecular formula is C23H18F3N5O3. The van der Waals surface area contributed by atoms with Crippen LogP contribution in [0.5, 0.6) is 5.75 Å². The summed E-state index contributed by atoms with van der Waals surface area (Å²) in [5.41, 5.74) is 0.658. The average molecular weight is 469 g/mol. The lowest BCUT2D eigenvalue weighted by atomic mass is 10.1. The van der Waals surface area contributed by atoms with E-state index < -0.39 is 17.0 Å². The third-order valence-corrected chi connectivity index (χ3v) is 4.97. The van der Waals surface area contributed by atoms with Gasteiger partial charge in [-0.3, -0.25) is 10.1 Å². The summed E-state index contributed by atoms with van der Waals surface area (Å²) in [5, 5.41) is 16.7. The average Bonchev–Trinajstić information content (AvgIpc) is 2.80. The Morgan fingerprint density at radius 3 is 2.41 bits per heavy atom. The lowest BCUT2D eigenvalue weighted by molar-refractivity contribution is -0.383. The van der Waals surface area contributed by atoms with E-state index in [2.05, 4.69) is 20.0 Å². The molecule has 11 heteroatoms. The van der Waals surface area contributed by atoms with Crippen LogP contribution >= 0.6 is 0 Å². The molecule has 1 aromatic heterocycles. The highest BCUT2D eigenvalue weighted by Crippen LogP contribution is 2.39. The number of fused-ring (bicyclic) bond motifs is 1. The van der Waals surface area contributed by atoms with Gasteiger partial charge in [0.25, 0.3) is 0 Å². The molecule has 8 nitrogen and oxygen atoms in total. The standard InChI is InChI=1S/C23H18F3N5O3/c1-2-30(19-9-5-7-15-6-3-4-8-18(15)19)22-20(31(32)33)21(27-14-28-22)29-16-10-12-17(13-11-16)34-23(24,25)26/h3-14H,2H2,1H3,(H,27,28,29). The van der Waals surface area contributed by atoms with E-state index in [1.165, 1.54) is 18.5 Å². The Labute approximate surface area is 191 Å². The number of halogens is 3. The largest absolute Gasteiger partial charge is 0.573 e. The SMILES string of the molecule is CCN(c1ncnc(Nc2ccc(OC(F)(F)F)cc2)c1[N+](=O)[O-])c1cccc2ccccc12. The molecule has 174 valence electrons. The molecule has 1 heterocycles. The summed E-state index contributed by atoms with van der Waals surface area (Å²) < 4.78 is 41.0. The van der Waals surface area contributed by atoms with E-state index in [9.17, 15) is 23.3 Å². The minimum Gasteiger partial charge on any atom is -0.406 e. The first-order valence-corrected chi connectivity index (χ1v) is 10.1. The molecule has 0 aliphatic carbocycles. The summed E-state index contributed by atoms with van der Waals surface area (Å²) in [7, 11) is 0. The minimum absolute atomic E-state index is 0.0818. The van der Waals surface area contributed by atoms with E-state index in [1.807, 2.05) is 49.4 Å². The summed E-state index contributed by atoms with van der Waals surface area (Å²) in [6.07, 6.45) is -3.62. The molecule has 0 saturated heterocycles. The van der Waals surface area contributed by atoms with Crippen molar-refractivity contribution in [1.82, 2.24) is 9.97 Å². The van der Waals surface area contributed by atoms with E-state index in [4.69, 9.17) is 0 Å². The maximum Gasteiger partial charge on any atom is 0.573 e. The van der Waals surface area contributed by atoms with Gasteiger partial charge in [0.15, 0.2) is 0 Å². The van der Waals surface area contributed by atoms with Crippen LogP contribution in [0.15, 0.2) is 73.1 Å². The number of nitrogens with zero attached hydrogens (tertiary/aromatic N) is 4. The molecule has 4 aromatic rings. The summed E-state index contributed by atoms with van der Waals surface area (Å²) >= 11 is 0. The van der Waals surface area contributed by atoms with Crippen molar-refractivity contribution in [1.29, 1.82) is 0 Å². The zero-order valence-corrected chi connectivity index (χ0v) is 17.8. The van der Waals surface area contributed by atoms with Crippen LogP contribution in [0.1, 0.15) is 6.92 Å². The Balaban J connectivity index is 1.73. The third kappa shape index (κ3) is 4.82. The van der Waals surface area contributed by atoms with Gasteiger partial charge in [-0.2, -0.15) is 0 Å². The van der Waals surface area contributed by atoms with Crippen molar-refractivity contribution in [2.24, 2.45) is 0 Å². The predicted octanol–water partition coefficient (Wildman–Crippen LogP) is 6.34. The Hall–Kier alpha value is -4.41. The van der Waals surface area contributed by atoms with E-state index in [0.29, 0.717) is 6.54 Å². The van der Waals surface area contributed by atoms with Crippen molar-refractivity contribution in [2.75, 3.05) is 16.8 Å². The smallest absolute Gasteiger partial charge is 0.406 e. The predicted molar refractivity (Wildman–Crippen MR) is 122 cm³/mol. The van der Waals surface area contributed by atoms with Crippen molar-refractivity contribution >= 4 is 39.5 Å². The Morgan fingerprint density at radius 2 is 1.74 bits per heavy atom. The Kier molecular flexibility index (Phi) is 6.17. The van der Waals surface area contributed by atoms with Crippen molar-refractivity contribution in [2.45, 2.75) is 13.3 Å². The molecule has 4 rings (SSSR count). The molecule has 3 aromatic carbocycles. The Morgan fingerprint density at radius 1 is 1.03 bits per heavy atom. The molecule has 0 amide bonds. The zero-order valence-electron chi connectivity index (χ0n) is 17.8. The van der Waals surface area contributed by atoms with Crippen molar-refractivity contribution in [3.8, 4) is 5.75 Å². The number of ether oxygens (including phenoxy) is 1. The van der Waals surface area contributed by atoms with Crippen LogP contribution in [0, 0.1) is 10.1 Å². The second-order valence-corrected chi connectivity index (χ2v) is 7.09. The van der Waals surface area contributed by atoms with Crippen LogP contribution in [-0.2, 0) is 0 Å². The normalized spacial score (nSPS) is 11.3. The fourth-order valence-corrected chi connectivity index (χ4v) is 3.58. The topological polar surface area (TPSA) is 93.4 Å². The van der Waals surface area contributed by atoms with Gasteiger partial charge >= 0.3 is 12.0 Å². The third-order valence-electron chi connectivity index (χ3n) is 4.97. The van der Waals surface area contributed by atoms with Crippen LogP contribution in [0.4, 0.5) is 41.9 Å². The summed E-state index contributed by atoms with van der Waals surface area (Å²) in [5.74, 6) is -0.430.